The minimum Gasteiger partial charge on any atom is -0.353 e. The van der Waals surface area contributed by atoms with Crippen LogP contribution in [0.3, 0.4) is 0 Å². The molecule has 3 N–H and O–H groups in total. The predicted molar refractivity (Wildman–Crippen MR) is 67.6 cm³/mol. The standard InChI is InChI=1S/C12H22N2O.ClH/c13-10-4-6-11(7-5-10)14-12(15)8-9-2-1-3-9;/h9-11H,1-8,13H2,(H,14,15);1H. The van der Waals surface area contributed by atoms with E-state index in [-0.39, 0.29) is 18.3 Å². The molecule has 94 valence electrons. The monoisotopic (exact) mass is 246 g/mol. The van der Waals surface area contributed by atoms with E-state index in [9.17, 15) is 4.79 Å². The van der Waals surface area contributed by atoms with Gasteiger partial charge in [0.25, 0.3) is 0 Å². The molecule has 0 unspecified atom stereocenters. The van der Waals surface area contributed by atoms with Crippen LogP contribution in [0, 0.1) is 5.92 Å². The van der Waals surface area contributed by atoms with Gasteiger partial charge in [-0.2, -0.15) is 0 Å². The molecule has 0 bridgehead atoms. The van der Waals surface area contributed by atoms with Crippen molar-refractivity contribution in [3.63, 3.8) is 0 Å². The van der Waals surface area contributed by atoms with Crippen molar-refractivity contribution in [3.8, 4) is 0 Å². The Balaban J connectivity index is 0.00000128. The van der Waals surface area contributed by atoms with E-state index in [0.717, 1.165) is 32.1 Å². The van der Waals surface area contributed by atoms with E-state index < -0.39 is 0 Å². The molecular formula is C12H23ClN2O. The third-order valence-corrected chi connectivity index (χ3v) is 3.84. The summed E-state index contributed by atoms with van der Waals surface area (Å²) >= 11 is 0. The number of nitrogens with one attached hydrogen (secondary N) is 1. The van der Waals surface area contributed by atoms with Gasteiger partial charge in [-0.05, 0) is 44.4 Å². The molecule has 0 aromatic heterocycles. The zero-order chi connectivity index (χ0) is 10.7. The summed E-state index contributed by atoms with van der Waals surface area (Å²) < 4.78 is 0. The van der Waals surface area contributed by atoms with Crippen molar-refractivity contribution in [2.24, 2.45) is 11.7 Å². The largest absolute Gasteiger partial charge is 0.353 e. The average Bonchev–Trinajstić information content (AvgIpc) is 2.16. The van der Waals surface area contributed by atoms with Gasteiger partial charge in [0.2, 0.25) is 5.91 Å². The number of nitrogens with two attached hydrogens (primary N) is 1. The minimum absolute atomic E-state index is 0. The minimum atomic E-state index is 0. The number of rotatable bonds is 3. The Bertz CT molecular complexity index is 223. The van der Waals surface area contributed by atoms with Crippen molar-refractivity contribution in [1.82, 2.24) is 5.32 Å². The molecule has 2 fully saturated rings. The van der Waals surface area contributed by atoms with Gasteiger partial charge in [-0.3, -0.25) is 4.79 Å². The van der Waals surface area contributed by atoms with E-state index in [0.29, 0.717) is 18.0 Å². The summed E-state index contributed by atoms with van der Waals surface area (Å²) in [5.41, 5.74) is 5.83. The van der Waals surface area contributed by atoms with Crippen LogP contribution in [0.5, 0.6) is 0 Å². The lowest BCUT2D eigenvalue weighted by atomic mass is 9.82. The molecule has 2 aliphatic rings. The molecule has 16 heavy (non-hydrogen) atoms. The molecule has 4 heteroatoms. The Hall–Kier alpha value is -0.280. The molecule has 0 radical (unpaired) electrons. The average molecular weight is 247 g/mol. The van der Waals surface area contributed by atoms with E-state index in [4.69, 9.17) is 5.73 Å². The third-order valence-electron chi connectivity index (χ3n) is 3.84. The van der Waals surface area contributed by atoms with Gasteiger partial charge < -0.3 is 11.1 Å². The number of amides is 1. The van der Waals surface area contributed by atoms with Crippen molar-refractivity contribution in [1.29, 1.82) is 0 Å². The second-order valence-corrected chi connectivity index (χ2v) is 5.18. The van der Waals surface area contributed by atoms with Crippen LogP contribution in [-0.2, 0) is 4.79 Å². The van der Waals surface area contributed by atoms with Gasteiger partial charge in [-0.1, -0.05) is 6.42 Å². The normalized spacial score (nSPS) is 30.1. The highest BCUT2D eigenvalue weighted by Gasteiger charge is 2.23. The van der Waals surface area contributed by atoms with Crippen molar-refractivity contribution >= 4 is 18.3 Å². The first-order valence-corrected chi connectivity index (χ1v) is 6.29. The summed E-state index contributed by atoms with van der Waals surface area (Å²) in [6.07, 6.45) is 8.84. The lowest BCUT2D eigenvalue weighted by Crippen LogP contribution is -2.41. The first kappa shape index (κ1) is 13.8. The van der Waals surface area contributed by atoms with Gasteiger partial charge >= 0.3 is 0 Å². The molecule has 1 amide bonds. The fourth-order valence-electron chi connectivity index (χ4n) is 2.51. The molecule has 0 aromatic rings. The maximum Gasteiger partial charge on any atom is 0.220 e. The molecule has 2 saturated carbocycles. The van der Waals surface area contributed by atoms with E-state index in [1.807, 2.05) is 0 Å². The van der Waals surface area contributed by atoms with E-state index in [1.165, 1.54) is 19.3 Å². The van der Waals surface area contributed by atoms with Gasteiger partial charge in [0.1, 0.15) is 0 Å². The van der Waals surface area contributed by atoms with Crippen molar-refractivity contribution in [2.45, 2.75) is 63.5 Å². The molecule has 3 nitrogen and oxygen atoms in total. The Kier molecular flexibility index (Phi) is 5.56. The van der Waals surface area contributed by atoms with Crippen LogP contribution < -0.4 is 11.1 Å². The van der Waals surface area contributed by atoms with Crippen LogP contribution in [0.4, 0.5) is 0 Å². The molecule has 0 spiro atoms. The second kappa shape index (κ2) is 6.45. The summed E-state index contributed by atoms with van der Waals surface area (Å²) in [6, 6.07) is 0.766. The zero-order valence-corrected chi connectivity index (χ0v) is 10.6. The van der Waals surface area contributed by atoms with Crippen molar-refractivity contribution < 1.29 is 4.79 Å². The molecular weight excluding hydrogens is 224 g/mol. The Morgan fingerprint density at radius 1 is 1.12 bits per heavy atom. The van der Waals surface area contributed by atoms with Gasteiger partial charge in [0.15, 0.2) is 0 Å². The predicted octanol–water partition coefficient (Wildman–Crippen LogP) is 1.98. The quantitative estimate of drug-likeness (QED) is 0.800. The molecule has 2 aliphatic carbocycles. The summed E-state index contributed by atoms with van der Waals surface area (Å²) in [5.74, 6) is 0.941. The molecule has 0 atom stereocenters. The highest BCUT2D eigenvalue weighted by molar-refractivity contribution is 5.85. The molecule has 0 heterocycles. The van der Waals surface area contributed by atoms with Crippen molar-refractivity contribution in [2.75, 3.05) is 0 Å². The first-order chi connectivity index (χ1) is 7.24. The molecule has 2 rings (SSSR count). The lowest BCUT2D eigenvalue weighted by molar-refractivity contribution is -0.123. The highest BCUT2D eigenvalue weighted by Crippen LogP contribution is 2.29. The summed E-state index contributed by atoms with van der Waals surface area (Å²) in [6.45, 7) is 0. The number of hydrogen-bond donors (Lipinski definition) is 2. The second-order valence-electron chi connectivity index (χ2n) is 5.18. The fourth-order valence-corrected chi connectivity index (χ4v) is 2.51. The van der Waals surface area contributed by atoms with E-state index >= 15 is 0 Å². The Morgan fingerprint density at radius 3 is 2.25 bits per heavy atom. The van der Waals surface area contributed by atoms with Gasteiger partial charge in [-0.25, -0.2) is 0 Å². The number of halogens is 1. The van der Waals surface area contributed by atoms with E-state index in [2.05, 4.69) is 5.32 Å². The van der Waals surface area contributed by atoms with Crippen LogP contribution in [0.15, 0.2) is 0 Å². The number of carbonyl (C=O) groups excluding carboxylic acids is 1. The SMILES string of the molecule is Cl.NC1CCC(NC(=O)CC2CCC2)CC1. The fraction of sp³-hybridized carbons (Fsp3) is 0.917. The first-order valence-electron chi connectivity index (χ1n) is 6.29. The van der Waals surface area contributed by atoms with Crippen LogP contribution >= 0.6 is 12.4 Å². The smallest absolute Gasteiger partial charge is 0.220 e. The van der Waals surface area contributed by atoms with Crippen LogP contribution in [-0.4, -0.2) is 18.0 Å². The van der Waals surface area contributed by atoms with Gasteiger partial charge in [0.05, 0.1) is 0 Å². The van der Waals surface area contributed by atoms with E-state index in [1.54, 1.807) is 0 Å². The molecule has 0 aromatic carbocycles. The maximum absolute atomic E-state index is 11.7. The lowest BCUT2D eigenvalue weighted by Gasteiger charge is -2.29. The van der Waals surface area contributed by atoms with Gasteiger partial charge in [0, 0.05) is 18.5 Å². The van der Waals surface area contributed by atoms with Crippen LogP contribution in [0.1, 0.15) is 51.4 Å². The van der Waals surface area contributed by atoms with Gasteiger partial charge in [-0.15, -0.1) is 12.4 Å². The number of carbonyl (C=O) groups is 1. The highest BCUT2D eigenvalue weighted by atomic mass is 35.5. The topological polar surface area (TPSA) is 55.1 Å². The third kappa shape index (κ3) is 3.95. The molecule has 0 saturated heterocycles. The molecule has 0 aliphatic heterocycles. The zero-order valence-electron chi connectivity index (χ0n) is 9.78. The van der Waals surface area contributed by atoms with Crippen LogP contribution in [0.25, 0.3) is 0 Å². The summed E-state index contributed by atoms with van der Waals surface area (Å²) in [5, 5.41) is 3.14. The summed E-state index contributed by atoms with van der Waals surface area (Å²) in [4.78, 5) is 11.7. The Morgan fingerprint density at radius 2 is 1.75 bits per heavy atom. The van der Waals surface area contributed by atoms with Crippen molar-refractivity contribution in [3.05, 3.63) is 0 Å². The maximum atomic E-state index is 11.7. The Labute approximate surface area is 104 Å². The summed E-state index contributed by atoms with van der Waals surface area (Å²) in [7, 11) is 0. The number of hydrogen-bond acceptors (Lipinski definition) is 2. The van der Waals surface area contributed by atoms with Crippen LogP contribution in [0.2, 0.25) is 0 Å².